The first kappa shape index (κ1) is 22.6. The van der Waals surface area contributed by atoms with Crippen molar-refractivity contribution in [3.8, 4) is 23.7 Å². The first-order valence-corrected chi connectivity index (χ1v) is 9.99. The van der Waals surface area contributed by atoms with Crippen LogP contribution in [0.25, 0.3) is 0 Å². The number of carboxylic acid groups (broad SMARTS) is 1. The minimum absolute atomic E-state index is 0.826. The predicted molar refractivity (Wildman–Crippen MR) is 103 cm³/mol. The van der Waals surface area contributed by atoms with Crippen molar-refractivity contribution in [2.45, 2.75) is 110 Å². The van der Waals surface area contributed by atoms with E-state index in [0.29, 0.717) is 0 Å². The molecule has 2 heteroatoms. The van der Waals surface area contributed by atoms with Crippen LogP contribution in [0, 0.1) is 23.7 Å². The highest BCUT2D eigenvalue weighted by Crippen LogP contribution is 2.13. The van der Waals surface area contributed by atoms with Gasteiger partial charge in [-0.25, -0.2) is 4.79 Å². The number of rotatable bonds is 15. The molecule has 0 atom stereocenters. The van der Waals surface area contributed by atoms with Gasteiger partial charge in [0.25, 0.3) is 0 Å². The van der Waals surface area contributed by atoms with E-state index in [1.165, 1.54) is 89.9 Å². The lowest BCUT2D eigenvalue weighted by atomic mass is 10.0. The Morgan fingerprint density at radius 3 is 1.50 bits per heavy atom. The summed E-state index contributed by atoms with van der Waals surface area (Å²) in [6.45, 7) is 2.27. The highest BCUT2D eigenvalue weighted by Gasteiger charge is 1.94. The zero-order valence-corrected chi connectivity index (χ0v) is 15.7. The van der Waals surface area contributed by atoms with Crippen molar-refractivity contribution in [2.24, 2.45) is 0 Å². The number of aliphatic carboxylic acids is 1. The van der Waals surface area contributed by atoms with Crippen LogP contribution in [-0.4, -0.2) is 11.1 Å². The van der Waals surface area contributed by atoms with E-state index in [4.69, 9.17) is 5.11 Å². The van der Waals surface area contributed by atoms with Crippen LogP contribution in [0.2, 0.25) is 0 Å². The van der Waals surface area contributed by atoms with Crippen LogP contribution in [0.1, 0.15) is 110 Å². The van der Waals surface area contributed by atoms with Gasteiger partial charge < -0.3 is 5.11 Å². The summed E-state index contributed by atoms with van der Waals surface area (Å²) in [6, 6.07) is 0. The van der Waals surface area contributed by atoms with Crippen LogP contribution in [0.4, 0.5) is 0 Å². The Labute approximate surface area is 149 Å². The summed E-state index contributed by atoms with van der Waals surface area (Å²) >= 11 is 0. The number of hydrogen-bond acceptors (Lipinski definition) is 1. The van der Waals surface area contributed by atoms with Gasteiger partial charge in [0.05, 0.1) is 0 Å². The highest BCUT2D eigenvalue weighted by atomic mass is 16.4. The van der Waals surface area contributed by atoms with E-state index in [-0.39, 0.29) is 0 Å². The van der Waals surface area contributed by atoms with E-state index in [1.54, 1.807) is 0 Å². The van der Waals surface area contributed by atoms with Crippen LogP contribution < -0.4 is 0 Å². The van der Waals surface area contributed by atoms with Gasteiger partial charge in [-0.1, -0.05) is 103 Å². The molecule has 0 aromatic heterocycles. The molecule has 0 heterocycles. The van der Waals surface area contributed by atoms with Crippen LogP contribution in [-0.2, 0) is 4.79 Å². The summed E-state index contributed by atoms with van der Waals surface area (Å²) in [7, 11) is 0. The molecule has 0 spiro atoms. The second-order valence-electron chi connectivity index (χ2n) is 6.56. The maximum absolute atomic E-state index is 10.1. The van der Waals surface area contributed by atoms with Crippen LogP contribution in [0.15, 0.2) is 0 Å². The Morgan fingerprint density at radius 2 is 1.08 bits per heavy atom. The maximum atomic E-state index is 10.1. The van der Waals surface area contributed by atoms with E-state index in [2.05, 4.69) is 24.7 Å². The molecular weight excluding hydrogens is 296 g/mol. The van der Waals surface area contributed by atoms with Crippen LogP contribution in [0.5, 0.6) is 0 Å². The predicted octanol–water partition coefficient (Wildman–Crippen LogP) is 6.34. The summed E-state index contributed by atoms with van der Waals surface area (Å²) in [4.78, 5) is 10.1. The average molecular weight is 333 g/mol. The Bertz CT molecular complexity index is 403. The van der Waals surface area contributed by atoms with E-state index in [0.717, 1.165) is 12.8 Å². The lowest BCUT2D eigenvalue weighted by Crippen LogP contribution is -1.85. The molecule has 136 valence electrons. The van der Waals surface area contributed by atoms with Gasteiger partial charge in [0.15, 0.2) is 0 Å². The molecule has 0 aliphatic rings. The molecular formula is C22H36O2. The Balaban J connectivity index is 3.13. The van der Waals surface area contributed by atoms with E-state index >= 15 is 0 Å². The molecule has 0 fully saturated rings. The number of hydrogen-bond donors (Lipinski definition) is 1. The Morgan fingerprint density at radius 1 is 0.667 bits per heavy atom. The molecule has 0 aliphatic heterocycles. The summed E-state index contributed by atoms with van der Waals surface area (Å²) in [6.07, 6.45) is 21.3. The standard InChI is InChI=1S/C22H36O2/c1-2-3-4-5-6-7-8-9-10-11-12-13-14-15-16-17-18-19-20-21-22(23)24/h2-17H2,1H3,(H,23,24). The smallest absolute Gasteiger partial charge is 0.382 e. The minimum Gasteiger partial charge on any atom is -0.472 e. The summed E-state index contributed by atoms with van der Waals surface area (Å²) in [5, 5.41) is 8.32. The topological polar surface area (TPSA) is 37.3 Å². The molecule has 0 unspecified atom stereocenters. The largest absolute Gasteiger partial charge is 0.472 e. The van der Waals surface area contributed by atoms with E-state index in [1.807, 2.05) is 5.92 Å². The molecule has 1 N–H and O–H groups in total. The van der Waals surface area contributed by atoms with Gasteiger partial charge in [-0.05, 0) is 18.3 Å². The molecule has 0 amide bonds. The van der Waals surface area contributed by atoms with Crippen molar-refractivity contribution in [3.63, 3.8) is 0 Å². The molecule has 0 saturated carbocycles. The van der Waals surface area contributed by atoms with Gasteiger partial charge in [0, 0.05) is 12.3 Å². The van der Waals surface area contributed by atoms with Gasteiger partial charge >= 0.3 is 5.97 Å². The minimum atomic E-state index is -1.11. The summed E-state index contributed by atoms with van der Waals surface area (Å²) in [5.74, 6) is 8.68. The third-order valence-corrected chi connectivity index (χ3v) is 4.23. The van der Waals surface area contributed by atoms with Crippen molar-refractivity contribution < 1.29 is 9.90 Å². The summed E-state index contributed by atoms with van der Waals surface area (Å²) in [5.41, 5.74) is 0. The van der Waals surface area contributed by atoms with Crippen molar-refractivity contribution in [3.05, 3.63) is 0 Å². The third-order valence-electron chi connectivity index (χ3n) is 4.23. The van der Waals surface area contributed by atoms with Crippen molar-refractivity contribution >= 4 is 5.97 Å². The molecule has 0 radical (unpaired) electrons. The lowest BCUT2D eigenvalue weighted by molar-refractivity contribution is -0.130. The first-order chi connectivity index (χ1) is 11.8. The Kier molecular flexibility index (Phi) is 18.5. The number of unbranched alkanes of at least 4 members (excludes halogenated alkanes) is 15. The van der Waals surface area contributed by atoms with Crippen LogP contribution >= 0.6 is 0 Å². The van der Waals surface area contributed by atoms with Gasteiger partial charge in [0.1, 0.15) is 0 Å². The zero-order chi connectivity index (χ0) is 17.7. The van der Waals surface area contributed by atoms with Gasteiger partial charge in [-0.3, -0.25) is 0 Å². The molecule has 0 saturated heterocycles. The molecule has 0 rings (SSSR count). The fourth-order valence-corrected chi connectivity index (χ4v) is 2.78. The van der Waals surface area contributed by atoms with Crippen molar-refractivity contribution in [1.29, 1.82) is 0 Å². The quantitative estimate of drug-likeness (QED) is 0.281. The van der Waals surface area contributed by atoms with Crippen molar-refractivity contribution in [2.75, 3.05) is 0 Å². The molecule has 0 aliphatic carbocycles. The lowest BCUT2D eigenvalue weighted by Gasteiger charge is -2.03. The second kappa shape index (κ2) is 19.6. The molecule has 0 aromatic carbocycles. The number of carbonyl (C=O) groups is 1. The zero-order valence-electron chi connectivity index (χ0n) is 15.7. The Hall–Kier alpha value is -1.41. The van der Waals surface area contributed by atoms with E-state index < -0.39 is 5.97 Å². The molecule has 2 nitrogen and oxygen atoms in total. The molecule has 0 bridgehead atoms. The van der Waals surface area contributed by atoms with Gasteiger partial charge in [-0.2, -0.15) is 0 Å². The van der Waals surface area contributed by atoms with Crippen molar-refractivity contribution in [1.82, 2.24) is 0 Å². The van der Waals surface area contributed by atoms with Gasteiger partial charge in [0.2, 0.25) is 0 Å². The SMILES string of the molecule is CCCCCCCCCCCCCCCCCC#CC#CC(=O)O. The third kappa shape index (κ3) is 20.6. The average Bonchev–Trinajstić information content (AvgIpc) is 2.56. The summed E-state index contributed by atoms with van der Waals surface area (Å²) < 4.78 is 0. The monoisotopic (exact) mass is 332 g/mol. The highest BCUT2D eigenvalue weighted by molar-refractivity contribution is 5.87. The van der Waals surface area contributed by atoms with Gasteiger partial charge in [-0.15, -0.1) is 0 Å². The first-order valence-electron chi connectivity index (χ1n) is 9.99. The molecule has 0 aromatic rings. The fourth-order valence-electron chi connectivity index (χ4n) is 2.78. The fraction of sp³-hybridized carbons (Fsp3) is 0.773. The second-order valence-corrected chi connectivity index (χ2v) is 6.56. The van der Waals surface area contributed by atoms with E-state index in [9.17, 15) is 4.79 Å². The van der Waals surface area contributed by atoms with Crippen LogP contribution in [0.3, 0.4) is 0 Å². The normalized spacial score (nSPS) is 9.71. The number of carboxylic acids is 1. The maximum Gasteiger partial charge on any atom is 0.382 e. The molecule has 24 heavy (non-hydrogen) atoms.